The summed E-state index contributed by atoms with van der Waals surface area (Å²) >= 11 is 0. The van der Waals surface area contributed by atoms with Crippen molar-refractivity contribution in [3.05, 3.63) is 35.9 Å². The van der Waals surface area contributed by atoms with E-state index in [-0.39, 0.29) is 12.5 Å². The number of amides is 1. The maximum absolute atomic E-state index is 12.1. The molecule has 1 aromatic rings. The first-order valence-electron chi connectivity index (χ1n) is 7.10. The van der Waals surface area contributed by atoms with Gasteiger partial charge in [-0.25, -0.2) is 0 Å². The molecule has 0 radical (unpaired) electrons. The van der Waals surface area contributed by atoms with Gasteiger partial charge >= 0.3 is 6.18 Å². The lowest BCUT2D eigenvalue weighted by atomic mass is 10.1. The number of nitrogens with zero attached hydrogens (tertiary/aromatic N) is 1. The smallest absolute Gasteiger partial charge is 0.355 e. The summed E-state index contributed by atoms with van der Waals surface area (Å²) < 4.78 is 36.4. The quantitative estimate of drug-likeness (QED) is 0.715. The first-order valence-corrected chi connectivity index (χ1v) is 7.10. The van der Waals surface area contributed by atoms with Gasteiger partial charge in [0.1, 0.15) is 0 Å². The summed E-state index contributed by atoms with van der Waals surface area (Å²) in [5.74, 6) is -0.290. The number of halogens is 3. The van der Waals surface area contributed by atoms with Gasteiger partial charge in [-0.2, -0.15) is 13.2 Å². The first-order chi connectivity index (χ1) is 10.3. The first kappa shape index (κ1) is 18.4. The predicted octanol–water partition coefficient (Wildman–Crippen LogP) is 1.56. The average molecular weight is 317 g/mol. The molecular weight excluding hydrogens is 295 g/mol. The van der Waals surface area contributed by atoms with Gasteiger partial charge in [0, 0.05) is 6.54 Å². The van der Waals surface area contributed by atoms with Crippen LogP contribution in [-0.2, 0) is 11.2 Å². The van der Waals surface area contributed by atoms with E-state index in [4.69, 9.17) is 5.73 Å². The van der Waals surface area contributed by atoms with Gasteiger partial charge in [0.2, 0.25) is 5.91 Å². The molecule has 0 aromatic heterocycles. The molecule has 0 bridgehead atoms. The highest BCUT2D eigenvalue weighted by Crippen LogP contribution is 2.15. The molecule has 0 spiro atoms. The Bertz CT molecular complexity index is 451. The van der Waals surface area contributed by atoms with Gasteiger partial charge in [0.15, 0.2) is 0 Å². The van der Waals surface area contributed by atoms with E-state index in [1.807, 2.05) is 30.3 Å². The van der Waals surface area contributed by atoms with Crippen molar-refractivity contribution in [3.63, 3.8) is 0 Å². The van der Waals surface area contributed by atoms with E-state index >= 15 is 0 Å². The molecule has 7 heteroatoms. The maximum Gasteiger partial charge on any atom is 0.401 e. The minimum atomic E-state index is -4.20. The number of rotatable bonds is 8. The van der Waals surface area contributed by atoms with Gasteiger partial charge < -0.3 is 11.1 Å². The topological polar surface area (TPSA) is 58.4 Å². The van der Waals surface area contributed by atoms with Crippen LogP contribution in [0.3, 0.4) is 0 Å². The molecule has 0 saturated heterocycles. The van der Waals surface area contributed by atoms with Gasteiger partial charge in [0.05, 0.1) is 12.6 Å². The molecule has 1 unspecified atom stereocenters. The van der Waals surface area contributed by atoms with Crippen molar-refractivity contribution in [2.45, 2.75) is 25.1 Å². The van der Waals surface area contributed by atoms with Crippen LogP contribution >= 0.6 is 0 Å². The highest BCUT2D eigenvalue weighted by atomic mass is 19.4. The number of alkyl halides is 3. The minimum Gasteiger partial charge on any atom is -0.355 e. The van der Waals surface area contributed by atoms with Crippen molar-refractivity contribution >= 4 is 5.91 Å². The molecule has 0 aliphatic rings. The fourth-order valence-electron chi connectivity index (χ4n) is 2.04. The number of nitrogens with two attached hydrogens (primary N) is 1. The zero-order chi connectivity index (χ0) is 16.6. The van der Waals surface area contributed by atoms with Crippen molar-refractivity contribution in [2.24, 2.45) is 5.73 Å². The van der Waals surface area contributed by atoms with Crippen LogP contribution in [-0.4, -0.2) is 49.7 Å². The normalized spacial score (nSPS) is 13.2. The molecule has 0 fully saturated rings. The lowest BCUT2D eigenvalue weighted by Gasteiger charge is -2.18. The Morgan fingerprint density at radius 2 is 1.95 bits per heavy atom. The van der Waals surface area contributed by atoms with E-state index < -0.39 is 18.8 Å². The predicted molar refractivity (Wildman–Crippen MR) is 79.3 cm³/mol. The molecule has 3 N–H and O–H groups in total. The third kappa shape index (κ3) is 7.99. The molecule has 0 saturated carbocycles. The number of carbonyl (C=O) groups is 1. The second-order valence-corrected chi connectivity index (χ2v) is 5.29. The van der Waals surface area contributed by atoms with Gasteiger partial charge in [-0.1, -0.05) is 30.3 Å². The van der Waals surface area contributed by atoms with Crippen molar-refractivity contribution in [3.8, 4) is 0 Å². The number of carbonyl (C=O) groups excluding carboxylic acids is 1. The monoisotopic (exact) mass is 317 g/mol. The Labute approximate surface area is 128 Å². The Morgan fingerprint density at radius 3 is 2.55 bits per heavy atom. The summed E-state index contributed by atoms with van der Waals surface area (Å²) in [6.07, 6.45) is -3.33. The maximum atomic E-state index is 12.1. The summed E-state index contributed by atoms with van der Waals surface area (Å²) in [4.78, 5) is 13.0. The van der Waals surface area contributed by atoms with E-state index in [0.29, 0.717) is 19.4 Å². The molecule has 1 amide bonds. The Hall–Kier alpha value is -1.60. The van der Waals surface area contributed by atoms with Crippen molar-refractivity contribution < 1.29 is 18.0 Å². The van der Waals surface area contributed by atoms with E-state index in [9.17, 15) is 18.0 Å². The van der Waals surface area contributed by atoms with E-state index in [0.717, 1.165) is 5.56 Å². The number of benzene rings is 1. The summed E-state index contributed by atoms with van der Waals surface area (Å²) in [6, 6.07) is 8.74. The Kier molecular flexibility index (Phi) is 7.34. The highest BCUT2D eigenvalue weighted by molar-refractivity contribution is 5.81. The molecule has 0 aliphatic carbocycles. The van der Waals surface area contributed by atoms with Gasteiger partial charge in [-0.15, -0.1) is 0 Å². The van der Waals surface area contributed by atoms with E-state index in [1.54, 1.807) is 0 Å². The molecule has 1 atom stereocenters. The van der Waals surface area contributed by atoms with Gasteiger partial charge in [-0.05, 0) is 32.0 Å². The van der Waals surface area contributed by atoms with Crippen LogP contribution in [0.2, 0.25) is 0 Å². The van der Waals surface area contributed by atoms with Crippen LogP contribution in [0.1, 0.15) is 12.0 Å². The number of hydrogen-bond acceptors (Lipinski definition) is 3. The molecule has 0 aliphatic heterocycles. The molecule has 1 rings (SSSR count). The van der Waals surface area contributed by atoms with Crippen LogP contribution in [0.4, 0.5) is 13.2 Å². The zero-order valence-corrected chi connectivity index (χ0v) is 12.6. The zero-order valence-electron chi connectivity index (χ0n) is 12.6. The van der Waals surface area contributed by atoms with Gasteiger partial charge in [-0.3, -0.25) is 9.69 Å². The molecule has 4 nitrogen and oxygen atoms in total. The summed E-state index contributed by atoms with van der Waals surface area (Å²) in [5.41, 5.74) is 6.77. The summed E-state index contributed by atoms with van der Waals surface area (Å²) in [6.45, 7) is -0.383. The fraction of sp³-hybridized carbons (Fsp3) is 0.533. The van der Waals surface area contributed by atoms with E-state index in [1.165, 1.54) is 11.9 Å². The lowest BCUT2D eigenvalue weighted by Crippen LogP contribution is -2.43. The third-order valence-electron chi connectivity index (χ3n) is 3.10. The van der Waals surface area contributed by atoms with Crippen LogP contribution in [0.5, 0.6) is 0 Å². The SMILES string of the molecule is CN(CCCNC(=O)C(N)Cc1ccccc1)CC(F)(F)F. The van der Waals surface area contributed by atoms with Crippen LogP contribution in [0, 0.1) is 0 Å². The number of nitrogens with one attached hydrogen (secondary N) is 1. The van der Waals surface area contributed by atoms with Crippen LogP contribution < -0.4 is 11.1 Å². The molecule has 124 valence electrons. The van der Waals surface area contributed by atoms with Crippen LogP contribution in [0.15, 0.2) is 30.3 Å². The van der Waals surface area contributed by atoms with Gasteiger partial charge in [0.25, 0.3) is 0 Å². The average Bonchev–Trinajstić information content (AvgIpc) is 2.42. The molecule has 22 heavy (non-hydrogen) atoms. The largest absolute Gasteiger partial charge is 0.401 e. The van der Waals surface area contributed by atoms with Crippen LogP contribution in [0.25, 0.3) is 0 Å². The third-order valence-corrected chi connectivity index (χ3v) is 3.10. The molecule has 0 heterocycles. The van der Waals surface area contributed by atoms with Crippen molar-refractivity contribution in [1.29, 1.82) is 0 Å². The second kappa shape index (κ2) is 8.75. The minimum absolute atomic E-state index is 0.258. The van der Waals surface area contributed by atoms with Crippen molar-refractivity contribution in [2.75, 3.05) is 26.7 Å². The Balaban J connectivity index is 2.20. The number of hydrogen-bond donors (Lipinski definition) is 2. The lowest BCUT2D eigenvalue weighted by molar-refractivity contribution is -0.143. The fourth-order valence-corrected chi connectivity index (χ4v) is 2.04. The summed E-state index contributed by atoms with van der Waals surface area (Å²) in [5, 5.41) is 2.65. The Morgan fingerprint density at radius 1 is 1.32 bits per heavy atom. The second-order valence-electron chi connectivity index (χ2n) is 5.29. The van der Waals surface area contributed by atoms with E-state index in [2.05, 4.69) is 5.32 Å². The highest BCUT2D eigenvalue weighted by Gasteiger charge is 2.28. The molecular formula is C15H22F3N3O. The standard InChI is InChI=1S/C15H22F3N3O/c1-21(11-15(16,17)18)9-5-8-20-14(22)13(19)10-12-6-3-2-4-7-12/h2-4,6-7,13H,5,8-11,19H2,1H3,(H,20,22). The summed E-state index contributed by atoms with van der Waals surface area (Å²) in [7, 11) is 1.40. The van der Waals surface area contributed by atoms with Crippen molar-refractivity contribution in [1.82, 2.24) is 10.2 Å². The molecule has 1 aromatic carbocycles.